The Labute approximate surface area is 105 Å². The summed E-state index contributed by atoms with van der Waals surface area (Å²) in [6.07, 6.45) is 2.48. The first-order valence-electron chi connectivity index (χ1n) is 5.47. The highest BCUT2D eigenvalue weighted by Crippen LogP contribution is 2.24. The van der Waals surface area contributed by atoms with Gasteiger partial charge in [0.05, 0.1) is 6.26 Å². The summed E-state index contributed by atoms with van der Waals surface area (Å²) in [4.78, 5) is 0. The van der Waals surface area contributed by atoms with E-state index in [4.69, 9.17) is 16.0 Å². The van der Waals surface area contributed by atoms with Crippen molar-refractivity contribution >= 4 is 11.6 Å². The fraction of sp³-hybridized carbons (Fsp3) is 0.231. The Bertz CT molecular complexity index is 448. The number of hydrogen-bond donors (Lipinski definition) is 2. The van der Waals surface area contributed by atoms with Gasteiger partial charge in [-0.05, 0) is 24.3 Å². The Morgan fingerprint density at radius 2 is 2.12 bits per heavy atom. The fourth-order valence-corrected chi connectivity index (χ4v) is 1.84. The lowest BCUT2D eigenvalue weighted by Crippen LogP contribution is -2.16. The van der Waals surface area contributed by atoms with Gasteiger partial charge >= 0.3 is 0 Å². The quantitative estimate of drug-likeness (QED) is 0.803. The SMILES string of the molecule is Oc1cccc(Cl)c1CNCCc1ccco1. The number of phenolic OH excluding ortho intramolecular Hbond substituents is 1. The highest BCUT2D eigenvalue weighted by atomic mass is 35.5. The molecule has 17 heavy (non-hydrogen) atoms. The van der Waals surface area contributed by atoms with Crippen LogP contribution in [0.25, 0.3) is 0 Å². The highest BCUT2D eigenvalue weighted by molar-refractivity contribution is 6.31. The van der Waals surface area contributed by atoms with Crippen molar-refractivity contribution in [3.8, 4) is 5.75 Å². The second-order valence-corrected chi connectivity index (χ2v) is 4.15. The van der Waals surface area contributed by atoms with E-state index in [1.165, 1.54) is 0 Å². The minimum atomic E-state index is 0.225. The van der Waals surface area contributed by atoms with Crippen LogP contribution in [0, 0.1) is 0 Å². The molecule has 0 unspecified atom stereocenters. The van der Waals surface area contributed by atoms with Crippen molar-refractivity contribution in [1.29, 1.82) is 0 Å². The average molecular weight is 252 g/mol. The fourth-order valence-electron chi connectivity index (χ4n) is 1.60. The summed E-state index contributed by atoms with van der Waals surface area (Å²) in [6.45, 7) is 1.32. The number of halogens is 1. The Morgan fingerprint density at radius 3 is 2.82 bits per heavy atom. The van der Waals surface area contributed by atoms with Crippen LogP contribution in [0.5, 0.6) is 5.75 Å². The number of hydrogen-bond acceptors (Lipinski definition) is 3. The molecule has 0 fully saturated rings. The molecule has 2 N–H and O–H groups in total. The number of nitrogens with one attached hydrogen (secondary N) is 1. The summed E-state index contributed by atoms with van der Waals surface area (Å²) < 4.78 is 5.22. The molecule has 0 saturated carbocycles. The number of phenols is 1. The third-order valence-electron chi connectivity index (χ3n) is 2.52. The zero-order valence-corrected chi connectivity index (χ0v) is 10.1. The molecule has 0 aliphatic rings. The molecule has 0 spiro atoms. The number of rotatable bonds is 5. The van der Waals surface area contributed by atoms with Gasteiger partial charge in [0.25, 0.3) is 0 Å². The van der Waals surface area contributed by atoms with Gasteiger partial charge in [0.15, 0.2) is 0 Å². The van der Waals surface area contributed by atoms with Crippen LogP contribution in [-0.2, 0) is 13.0 Å². The number of aromatic hydroxyl groups is 1. The molecule has 0 bridgehead atoms. The average Bonchev–Trinajstić information content (AvgIpc) is 2.80. The maximum absolute atomic E-state index is 9.63. The van der Waals surface area contributed by atoms with Gasteiger partial charge in [0, 0.05) is 30.1 Å². The minimum absolute atomic E-state index is 0.225. The Morgan fingerprint density at radius 1 is 1.24 bits per heavy atom. The van der Waals surface area contributed by atoms with E-state index in [-0.39, 0.29) is 5.75 Å². The van der Waals surface area contributed by atoms with Crippen LogP contribution in [0.2, 0.25) is 5.02 Å². The van der Waals surface area contributed by atoms with Crippen molar-refractivity contribution in [3.63, 3.8) is 0 Å². The molecule has 0 amide bonds. The van der Waals surface area contributed by atoms with Gasteiger partial charge in [0.2, 0.25) is 0 Å². The van der Waals surface area contributed by atoms with Gasteiger partial charge < -0.3 is 14.8 Å². The van der Waals surface area contributed by atoms with Gasteiger partial charge in [-0.3, -0.25) is 0 Å². The summed E-state index contributed by atoms with van der Waals surface area (Å²) in [5.41, 5.74) is 0.730. The van der Waals surface area contributed by atoms with Crippen LogP contribution >= 0.6 is 11.6 Å². The molecule has 3 nitrogen and oxygen atoms in total. The Kier molecular flexibility index (Phi) is 4.07. The molecular weight excluding hydrogens is 238 g/mol. The molecule has 0 saturated heterocycles. The summed E-state index contributed by atoms with van der Waals surface area (Å²) in [5.74, 6) is 1.17. The lowest BCUT2D eigenvalue weighted by Gasteiger charge is -2.07. The lowest BCUT2D eigenvalue weighted by molar-refractivity contribution is 0.462. The molecule has 0 radical (unpaired) electrons. The molecule has 2 aromatic rings. The van der Waals surface area contributed by atoms with Gasteiger partial charge in [-0.2, -0.15) is 0 Å². The van der Waals surface area contributed by atoms with Crippen LogP contribution in [0.15, 0.2) is 41.0 Å². The van der Waals surface area contributed by atoms with E-state index in [2.05, 4.69) is 5.32 Å². The number of furan rings is 1. The van der Waals surface area contributed by atoms with Crippen molar-refractivity contribution < 1.29 is 9.52 Å². The van der Waals surface area contributed by atoms with Crippen LogP contribution in [0.3, 0.4) is 0 Å². The second kappa shape index (κ2) is 5.75. The number of benzene rings is 1. The van der Waals surface area contributed by atoms with E-state index < -0.39 is 0 Å². The lowest BCUT2D eigenvalue weighted by atomic mass is 10.2. The van der Waals surface area contributed by atoms with Crippen LogP contribution in [0.4, 0.5) is 0 Å². The van der Waals surface area contributed by atoms with E-state index in [1.54, 1.807) is 24.5 Å². The summed E-state index contributed by atoms with van der Waals surface area (Å²) in [5, 5.41) is 13.4. The molecule has 1 aromatic heterocycles. The minimum Gasteiger partial charge on any atom is -0.508 e. The Balaban J connectivity index is 1.82. The van der Waals surface area contributed by atoms with E-state index in [1.807, 2.05) is 12.1 Å². The highest BCUT2D eigenvalue weighted by Gasteiger charge is 2.05. The van der Waals surface area contributed by atoms with Crippen molar-refractivity contribution in [1.82, 2.24) is 5.32 Å². The van der Waals surface area contributed by atoms with Crippen molar-refractivity contribution in [3.05, 3.63) is 52.9 Å². The van der Waals surface area contributed by atoms with Gasteiger partial charge in [-0.25, -0.2) is 0 Å². The molecular formula is C13H14ClNO2. The maximum atomic E-state index is 9.63. The molecule has 0 aliphatic heterocycles. The van der Waals surface area contributed by atoms with E-state index >= 15 is 0 Å². The van der Waals surface area contributed by atoms with E-state index in [0.29, 0.717) is 11.6 Å². The zero-order valence-electron chi connectivity index (χ0n) is 9.32. The summed E-state index contributed by atoms with van der Waals surface area (Å²) >= 11 is 5.99. The topological polar surface area (TPSA) is 45.4 Å². The summed E-state index contributed by atoms with van der Waals surface area (Å²) in [7, 11) is 0. The third-order valence-corrected chi connectivity index (χ3v) is 2.88. The predicted molar refractivity (Wildman–Crippen MR) is 67.2 cm³/mol. The molecule has 1 aromatic carbocycles. The standard InChI is InChI=1S/C13H14ClNO2/c14-12-4-1-5-13(16)11(12)9-15-7-6-10-3-2-8-17-10/h1-5,8,15-16H,6-7,9H2. The van der Waals surface area contributed by atoms with E-state index in [9.17, 15) is 5.11 Å². The van der Waals surface area contributed by atoms with E-state index in [0.717, 1.165) is 24.3 Å². The molecule has 0 atom stereocenters. The maximum Gasteiger partial charge on any atom is 0.121 e. The molecule has 2 rings (SSSR count). The van der Waals surface area contributed by atoms with Gasteiger partial charge in [0.1, 0.15) is 11.5 Å². The first kappa shape index (κ1) is 12.0. The third kappa shape index (κ3) is 3.25. The summed E-state index contributed by atoms with van der Waals surface area (Å²) in [6, 6.07) is 8.94. The Hall–Kier alpha value is -1.45. The van der Waals surface area contributed by atoms with Crippen LogP contribution < -0.4 is 5.32 Å². The molecule has 0 aliphatic carbocycles. The van der Waals surface area contributed by atoms with Crippen molar-refractivity contribution in [2.75, 3.05) is 6.54 Å². The molecule has 1 heterocycles. The van der Waals surface area contributed by atoms with Crippen LogP contribution in [0.1, 0.15) is 11.3 Å². The van der Waals surface area contributed by atoms with Crippen LogP contribution in [-0.4, -0.2) is 11.7 Å². The van der Waals surface area contributed by atoms with Crippen molar-refractivity contribution in [2.24, 2.45) is 0 Å². The molecule has 90 valence electrons. The van der Waals surface area contributed by atoms with Gasteiger partial charge in [-0.1, -0.05) is 17.7 Å². The van der Waals surface area contributed by atoms with Crippen molar-refractivity contribution in [2.45, 2.75) is 13.0 Å². The second-order valence-electron chi connectivity index (χ2n) is 3.74. The zero-order chi connectivity index (χ0) is 12.1. The normalized spacial score (nSPS) is 10.6. The monoisotopic (exact) mass is 251 g/mol. The smallest absolute Gasteiger partial charge is 0.121 e. The van der Waals surface area contributed by atoms with Gasteiger partial charge in [-0.15, -0.1) is 0 Å². The first-order chi connectivity index (χ1) is 8.27. The predicted octanol–water partition coefficient (Wildman–Crippen LogP) is 2.97. The molecule has 4 heteroatoms. The first-order valence-corrected chi connectivity index (χ1v) is 5.84. The largest absolute Gasteiger partial charge is 0.508 e.